The van der Waals surface area contributed by atoms with Crippen LogP contribution in [0.2, 0.25) is 5.02 Å². The first-order valence-electron chi connectivity index (χ1n) is 7.38. The number of hydrogen-bond donors (Lipinski definition) is 1. The predicted molar refractivity (Wildman–Crippen MR) is 96.9 cm³/mol. The molecule has 0 aliphatic carbocycles. The number of benzene rings is 2. The van der Waals surface area contributed by atoms with Gasteiger partial charge in [-0.25, -0.2) is 4.39 Å². The Morgan fingerprint density at radius 3 is 2.76 bits per heavy atom. The van der Waals surface area contributed by atoms with E-state index in [0.29, 0.717) is 5.16 Å². The van der Waals surface area contributed by atoms with Gasteiger partial charge in [0.25, 0.3) is 0 Å². The van der Waals surface area contributed by atoms with Crippen LogP contribution in [0.5, 0.6) is 0 Å². The third kappa shape index (κ3) is 4.37. The Kier molecular flexibility index (Phi) is 5.35. The summed E-state index contributed by atoms with van der Waals surface area (Å²) in [6.45, 7) is 2.01. The van der Waals surface area contributed by atoms with Crippen LogP contribution in [0.15, 0.2) is 53.9 Å². The summed E-state index contributed by atoms with van der Waals surface area (Å²) in [4.78, 5) is 12.0. The van der Waals surface area contributed by atoms with E-state index in [4.69, 9.17) is 11.6 Å². The van der Waals surface area contributed by atoms with Gasteiger partial charge in [-0.05, 0) is 37.3 Å². The number of nitrogens with one attached hydrogen (secondary N) is 1. The molecule has 0 bridgehead atoms. The van der Waals surface area contributed by atoms with E-state index in [9.17, 15) is 9.18 Å². The monoisotopic (exact) mass is 376 g/mol. The summed E-state index contributed by atoms with van der Waals surface area (Å²) in [7, 11) is 0. The SMILES string of the molecule is Cc1ccc(-n2cnnc2SCC(=O)Nc2ccc(Cl)cc2F)cc1. The number of aryl methyl sites for hydroxylation is 1. The second-order valence-corrected chi connectivity index (χ2v) is 6.66. The number of nitrogens with zero attached hydrogens (tertiary/aromatic N) is 3. The molecule has 1 amide bonds. The lowest BCUT2D eigenvalue weighted by Gasteiger charge is -2.08. The molecule has 3 aromatic rings. The quantitative estimate of drug-likeness (QED) is 0.681. The second-order valence-electron chi connectivity index (χ2n) is 5.28. The molecule has 0 atom stereocenters. The number of hydrogen-bond acceptors (Lipinski definition) is 4. The number of carbonyl (C=O) groups is 1. The molecule has 1 aromatic heterocycles. The summed E-state index contributed by atoms with van der Waals surface area (Å²) in [6, 6.07) is 12.0. The average molecular weight is 377 g/mol. The molecule has 0 aliphatic rings. The highest BCUT2D eigenvalue weighted by Gasteiger charge is 2.12. The van der Waals surface area contributed by atoms with Crippen molar-refractivity contribution in [1.29, 1.82) is 0 Å². The lowest BCUT2D eigenvalue weighted by Crippen LogP contribution is -2.15. The average Bonchev–Trinajstić information content (AvgIpc) is 3.05. The topological polar surface area (TPSA) is 59.8 Å². The number of rotatable bonds is 5. The van der Waals surface area contributed by atoms with Gasteiger partial charge in [-0.15, -0.1) is 10.2 Å². The van der Waals surface area contributed by atoms with Gasteiger partial charge in [-0.2, -0.15) is 0 Å². The molecule has 1 heterocycles. The molecule has 0 spiro atoms. The summed E-state index contributed by atoms with van der Waals surface area (Å²) >= 11 is 6.91. The maximum absolute atomic E-state index is 13.7. The minimum absolute atomic E-state index is 0.0760. The fourth-order valence-corrected chi connectivity index (χ4v) is 3.00. The van der Waals surface area contributed by atoms with Crippen LogP contribution in [0.3, 0.4) is 0 Å². The van der Waals surface area contributed by atoms with Crippen LogP contribution in [-0.2, 0) is 4.79 Å². The summed E-state index contributed by atoms with van der Waals surface area (Å²) < 4.78 is 15.5. The summed E-state index contributed by atoms with van der Waals surface area (Å²) in [5, 5.41) is 11.3. The lowest BCUT2D eigenvalue weighted by atomic mass is 10.2. The molecule has 0 radical (unpaired) electrons. The molecule has 5 nitrogen and oxygen atoms in total. The highest BCUT2D eigenvalue weighted by atomic mass is 35.5. The van der Waals surface area contributed by atoms with Crippen LogP contribution >= 0.6 is 23.4 Å². The molecule has 0 fully saturated rings. The fourth-order valence-electron chi connectivity index (χ4n) is 2.11. The van der Waals surface area contributed by atoms with Crippen molar-refractivity contribution in [3.63, 3.8) is 0 Å². The Morgan fingerprint density at radius 1 is 1.28 bits per heavy atom. The van der Waals surface area contributed by atoms with E-state index in [0.717, 1.165) is 17.3 Å². The van der Waals surface area contributed by atoms with E-state index in [2.05, 4.69) is 15.5 Å². The van der Waals surface area contributed by atoms with Crippen molar-refractivity contribution in [3.8, 4) is 5.69 Å². The Hall–Kier alpha value is -2.38. The van der Waals surface area contributed by atoms with E-state index in [1.165, 1.54) is 23.9 Å². The molecule has 0 aliphatic heterocycles. The van der Waals surface area contributed by atoms with Gasteiger partial charge in [0.2, 0.25) is 5.91 Å². The van der Waals surface area contributed by atoms with Crippen LogP contribution in [0.25, 0.3) is 5.69 Å². The van der Waals surface area contributed by atoms with Crippen LogP contribution in [0.1, 0.15) is 5.56 Å². The van der Waals surface area contributed by atoms with Gasteiger partial charge in [0.1, 0.15) is 12.1 Å². The Labute approximate surface area is 153 Å². The number of amides is 1. The van der Waals surface area contributed by atoms with Gasteiger partial charge in [0, 0.05) is 10.7 Å². The minimum Gasteiger partial charge on any atom is -0.323 e. The molecule has 128 valence electrons. The van der Waals surface area contributed by atoms with E-state index in [1.807, 2.05) is 31.2 Å². The molecule has 8 heteroatoms. The van der Waals surface area contributed by atoms with Crippen LogP contribution in [-0.4, -0.2) is 26.4 Å². The normalized spacial score (nSPS) is 10.7. The Balaban J connectivity index is 1.65. The largest absolute Gasteiger partial charge is 0.323 e. The third-order valence-electron chi connectivity index (χ3n) is 3.37. The van der Waals surface area contributed by atoms with Gasteiger partial charge in [0.15, 0.2) is 5.16 Å². The van der Waals surface area contributed by atoms with E-state index in [-0.39, 0.29) is 22.4 Å². The highest BCUT2D eigenvalue weighted by Crippen LogP contribution is 2.22. The molecular weight excluding hydrogens is 363 g/mol. The second kappa shape index (κ2) is 7.67. The molecule has 0 unspecified atom stereocenters. The van der Waals surface area contributed by atoms with Crippen LogP contribution in [0.4, 0.5) is 10.1 Å². The Bertz CT molecular complexity index is 898. The standard InChI is InChI=1S/C17H14ClFN4OS/c1-11-2-5-13(6-3-11)23-10-20-22-17(23)25-9-16(24)21-15-7-4-12(18)8-14(15)19/h2-8,10H,9H2,1H3,(H,21,24). The van der Waals surface area contributed by atoms with Crippen LogP contribution in [0, 0.1) is 12.7 Å². The lowest BCUT2D eigenvalue weighted by molar-refractivity contribution is -0.113. The summed E-state index contributed by atoms with van der Waals surface area (Å²) in [5.74, 6) is -0.842. The molecule has 3 rings (SSSR count). The third-order valence-corrected chi connectivity index (χ3v) is 4.54. The molecule has 0 saturated carbocycles. The summed E-state index contributed by atoms with van der Waals surface area (Å²) in [5.41, 5.74) is 2.15. The molecule has 25 heavy (non-hydrogen) atoms. The Morgan fingerprint density at radius 2 is 2.04 bits per heavy atom. The predicted octanol–water partition coefficient (Wildman–Crippen LogP) is 4.10. The van der Waals surface area contributed by atoms with Gasteiger partial charge in [-0.1, -0.05) is 41.1 Å². The van der Waals surface area contributed by atoms with Crippen molar-refractivity contribution in [1.82, 2.24) is 14.8 Å². The smallest absolute Gasteiger partial charge is 0.234 e. The maximum atomic E-state index is 13.7. The molecule has 2 aromatic carbocycles. The van der Waals surface area contributed by atoms with Crippen LogP contribution < -0.4 is 5.32 Å². The van der Waals surface area contributed by atoms with E-state index in [1.54, 1.807) is 10.9 Å². The van der Waals surface area contributed by atoms with Crippen molar-refractivity contribution >= 4 is 35.0 Å². The first kappa shape index (κ1) is 17.4. The fraction of sp³-hybridized carbons (Fsp3) is 0.118. The van der Waals surface area contributed by atoms with E-state index < -0.39 is 5.82 Å². The van der Waals surface area contributed by atoms with Gasteiger partial charge >= 0.3 is 0 Å². The molecule has 0 saturated heterocycles. The first-order valence-corrected chi connectivity index (χ1v) is 8.74. The molecule has 1 N–H and O–H groups in total. The first-order chi connectivity index (χ1) is 12.0. The van der Waals surface area contributed by atoms with Crippen molar-refractivity contribution in [3.05, 3.63) is 65.2 Å². The minimum atomic E-state index is -0.575. The van der Waals surface area contributed by atoms with Gasteiger partial charge in [-0.3, -0.25) is 9.36 Å². The van der Waals surface area contributed by atoms with Crippen molar-refractivity contribution in [2.75, 3.05) is 11.1 Å². The number of aromatic nitrogens is 3. The maximum Gasteiger partial charge on any atom is 0.234 e. The zero-order valence-corrected chi connectivity index (χ0v) is 14.8. The molecular formula is C17H14ClFN4OS. The zero-order chi connectivity index (χ0) is 17.8. The number of halogens is 2. The zero-order valence-electron chi connectivity index (χ0n) is 13.2. The van der Waals surface area contributed by atoms with Crippen molar-refractivity contribution in [2.45, 2.75) is 12.1 Å². The van der Waals surface area contributed by atoms with Crippen molar-refractivity contribution < 1.29 is 9.18 Å². The summed E-state index contributed by atoms with van der Waals surface area (Å²) in [6.07, 6.45) is 1.59. The van der Waals surface area contributed by atoms with Crippen molar-refractivity contribution in [2.24, 2.45) is 0 Å². The number of thioether (sulfide) groups is 1. The van der Waals surface area contributed by atoms with Gasteiger partial charge in [0.05, 0.1) is 11.4 Å². The van der Waals surface area contributed by atoms with E-state index >= 15 is 0 Å². The highest BCUT2D eigenvalue weighted by molar-refractivity contribution is 7.99. The van der Waals surface area contributed by atoms with Gasteiger partial charge < -0.3 is 5.32 Å². The number of anilines is 1. The number of carbonyl (C=O) groups excluding carboxylic acids is 1.